The van der Waals surface area contributed by atoms with Crippen molar-refractivity contribution in [2.75, 3.05) is 6.61 Å². The van der Waals surface area contributed by atoms with Crippen LogP contribution in [-0.4, -0.2) is 21.1 Å². The van der Waals surface area contributed by atoms with Gasteiger partial charge in [0, 0.05) is 11.1 Å². The van der Waals surface area contributed by atoms with Crippen molar-refractivity contribution in [3.05, 3.63) is 23.2 Å². The molecule has 0 unspecified atom stereocenters. The molecule has 1 aromatic rings. The first kappa shape index (κ1) is 16.6. The maximum absolute atomic E-state index is 12.6. The number of hydrogen-bond acceptors (Lipinski definition) is 3. The standard InChI is InChI=1S/C15H22ClNO3S/c1-3-20-14-9-8-12(16)10-15(14)21(18,19)17-13-7-5-4-6-11(13)2/h8-11,13,17H,3-7H2,1-2H3/t11-,13-/m1/s1. The summed E-state index contributed by atoms with van der Waals surface area (Å²) in [4.78, 5) is 0.120. The summed E-state index contributed by atoms with van der Waals surface area (Å²) in [7, 11) is -3.63. The third-order valence-corrected chi connectivity index (χ3v) is 5.66. The second-order valence-corrected chi connectivity index (χ2v) is 7.63. The fourth-order valence-electron chi connectivity index (χ4n) is 2.72. The first-order valence-electron chi connectivity index (χ1n) is 7.38. The molecule has 6 heteroatoms. The highest BCUT2D eigenvalue weighted by atomic mass is 35.5. The minimum Gasteiger partial charge on any atom is -0.492 e. The Hall–Kier alpha value is -0.780. The van der Waals surface area contributed by atoms with E-state index in [4.69, 9.17) is 16.3 Å². The lowest BCUT2D eigenvalue weighted by Crippen LogP contribution is -2.41. The highest BCUT2D eigenvalue weighted by molar-refractivity contribution is 7.89. The Bertz CT molecular complexity index is 589. The molecule has 0 aromatic heterocycles. The summed E-state index contributed by atoms with van der Waals surface area (Å²) < 4.78 is 33.5. The number of nitrogens with one attached hydrogen (secondary N) is 1. The molecule has 0 spiro atoms. The normalized spacial score (nSPS) is 23.0. The molecule has 0 saturated heterocycles. The van der Waals surface area contributed by atoms with E-state index in [1.807, 2.05) is 6.92 Å². The molecule has 0 radical (unpaired) electrons. The van der Waals surface area contributed by atoms with Gasteiger partial charge >= 0.3 is 0 Å². The summed E-state index contributed by atoms with van der Waals surface area (Å²) in [5.74, 6) is 0.695. The summed E-state index contributed by atoms with van der Waals surface area (Å²) in [6, 6.07) is 4.67. The van der Waals surface area contributed by atoms with Gasteiger partial charge in [0.25, 0.3) is 0 Å². The maximum Gasteiger partial charge on any atom is 0.244 e. The van der Waals surface area contributed by atoms with E-state index in [0.29, 0.717) is 23.3 Å². The van der Waals surface area contributed by atoms with Crippen molar-refractivity contribution < 1.29 is 13.2 Å². The highest BCUT2D eigenvalue weighted by Gasteiger charge is 2.28. The van der Waals surface area contributed by atoms with E-state index in [0.717, 1.165) is 19.3 Å². The fraction of sp³-hybridized carbons (Fsp3) is 0.600. The van der Waals surface area contributed by atoms with E-state index in [1.165, 1.54) is 12.5 Å². The average molecular weight is 332 g/mol. The Morgan fingerprint density at radius 2 is 2.05 bits per heavy atom. The van der Waals surface area contributed by atoms with Crippen LogP contribution in [0.3, 0.4) is 0 Å². The van der Waals surface area contributed by atoms with Crippen molar-refractivity contribution in [2.45, 2.75) is 50.5 Å². The zero-order chi connectivity index (χ0) is 15.5. The minimum atomic E-state index is -3.63. The molecule has 0 bridgehead atoms. The van der Waals surface area contributed by atoms with Crippen LogP contribution in [0.15, 0.2) is 23.1 Å². The molecule has 2 rings (SSSR count). The van der Waals surface area contributed by atoms with Crippen molar-refractivity contribution in [3.8, 4) is 5.75 Å². The van der Waals surface area contributed by atoms with Crippen LogP contribution < -0.4 is 9.46 Å². The molecule has 2 atom stereocenters. The third kappa shape index (κ3) is 4.11. The molecule has 1 saturated carbocycles. The molecule has 21 heavy (non-hydrogen) atoms. The van der Waals surface area contributed by atoms with Gasteiger partial charge in [0.2, 0.25) is 10.0 Å². The zero-order valence-electron chi connectivity index (χ0n) is 12.4. The lowest BCUT2D eigenvalue weighted by Gasteiger charge is -2.29. The second-order valence-electron chi connectivity index (χ2n) is 5.51. The third-order valence-electron chi connectivity index (χ3n) is 3.91. The lowest BCUT2D eigenvalue weighted by molar-refractivity contribution is 0.308. The molecular weight excluding hydrogens is 310 g/mol. The molecule has 1 aliphatic rings. The van der Waals surface area contributed by atoms with Crippen LogP contribution in [0.25, 0.3) is 0 Å². The maximum atomic E-state index is 12.6. The highest BCUT2D eigenvalue weighted by Crippen LogP contribution is 2.30. The van der Waals surface area contributed by atoms with Crippen molar-refractivity contribution >= 4 is 21.6 Å². The molecular formula is C15H22ClNO3S. The average Bonchev–Trinajstić information content (AvgIpc) is 2.43. The molecule has 0 aliphatic heterocycles. The summed E-state index contributed by atoms with van der Waals surface area (Å²) in [5.41, 5.74) is 0. The lowest BCUT2D eigenvalue weighted by atomic mass is 9.87. The molecule has 0 heterocycles. The van der Waals surface area contributed by atoms with Crippen LogP contribution in [0.5, 0.6) is 5.75 Å². The van der Waals surface area contributed by atoms with Crippen molar-refractivity contribution in [3.63, 3.8) is 0 Å². The number of halogens is 1. The Balaban J connectivity index is 2.28. The van der Waals surface area contributed by atoms with Gasteiger partial charge < -0.3 is 4.74 Å². The Morgan fingerprint density at radius 3 is 2.71 bits per heavy atom. The van der Waals surface area contributed by atoms with Gasteiger partial charge in [0.1, 0.15) is 10.6 Å². The van der Waals surface area contributed by atoms with E-state index in [1.54, 1.807) is 12.1 Å². The van der Waals surface area contributed by atoms with Crippen LogP contribution in [0, 0.1) is 5.92 Å². The minimum absolute atomic E-state index is 0.0165. The Morgan fingerprint density at radius 1 is 1.33 bits per heavy atom. The molecule has 1 N–H and O–H groups in total. The first-order chi connectivity index (χ1) is 9.94. The van der Waals surface area contributed by atoms with Crippen LogP contribution in [0.4, 0.5) is 0 Å². The number of hydrogen-bond donors (Lipinski definition) is 1. The van der Waals surface area contributed by atoms with E-state index in [9.17, 15) is 8.42 Å². The summed E-state index contributed by atoms with van der Waals surface area (Å²) in [5, 5.41) is 0.385. The zero-order valence-corrected chi connectivity index (χ0v) is 14.0. The fourth-order valence-corrected chi connectivity index (χ4v) is 4.51. The van der Waals surface area contributed by atoms with Crippen LogP contribution in [0.1, 0.15) is 39.5 Å². The monoisotopic (exact) mass is 331 g/mol. The van der Waals surface area contributed by atoms with Gasteiger partial charge in [0.05, 0.1) is 6.61 Å². The summed E-state index contributed by atoms with van der Waals surface area (Å²) >= 11 is 5.95. The van der Waals surface area contributed by atoms with E-state index in [-0.39, 0.29) is 10.9 Å². The SMILES string of the molecule is CCOc1ccc(Cl)cc1S(=O)(=O)N[C@@H]1CCCC[C@H]1C. The first-order valence-corrected chi connectivity index (χ1v) is 9.25. The van der Waals surface area contributed by atoms with Gasteiger partial charge in [-0.3, -0.25) is 0 Å². The largest absolute Gasteiger partial charge is 0.492 e. The smallest absolute Gasteiger partial charge is 0.244 e. The molecule has 118 valence electrons. The van der Waals surface area contributed by atoms with E-state index in [2.05, 4.69) is 11.6 Å². The van der Waals surface area contributed by atoms with Gasteiger partial charge in [-0.2, -0.15) is 0 Å². The van der Waals surface area contributed by atoms with Crippen LogP contribution in [-0.2, 0) is 10.0 Å². The van der Waals surface area contributed by atoms with E-state index >= 15 is 0 Å². The van der Waals surface area contributed by atoms with Crippen LogP contribution in [0.2, 0.25) is 5.02 Å². The number of ether oxygens (including phenoxy) is 1. The molecule has 4 nitrogen and oxygen atoms in total. The summed E-state index contributed by atoms with van der Waals surface area (Å²) in [6.45, 7) is 4.32. The second kappa shape index (κ2) is 6.99. The summed E-state index contributed by atoms with van der Waals surface area (Å²) in [6.07, 6.45) is 4.16. The van der Waals surface area contributed by atoms with Gasteiger partial charge in [-0.1, -0.05) is 31.4 Å². The van der Waals surface area contributed by atoms with E-state index < -0.39 is 10.0 Å². The quantitative estimate of drug-likeness (QED) is 0.897. The van der Waals surface area contributed by atoms with Gasteiger partial charge in [0.15, 0.2) is 0 Å². The van der Waals surface area contributed by atoms with Gasteiger partial charge in [-0.25, -0.2) is 13.1 Å². The molecule has 1 fully saturated rings. The van der Waals surface area contributed by atoms with Crippen molar-refractivity contribution in [1.29, 1.82) is 0 Å². The topological polar surface area (TPSA) is 55.4 Å². The molecule has 1 aromatic carbocycles. The van der Waals surface area contributed by atoms with Crippen LogP contribution >= 0.6 is 11.6 Å². The molecule has 0 amide bonds. The predicted octanol–water partition coefficient (Wildman–Crippen LogP) is 3.60. The molecule has 1 aliphatic carbocycles. The van der Waals surface area contributed by atoms with Crippen molar-refractivity contribution in [1.82, 2.24) is 4.72 Å². The Kier molecular flexibility index (Phi) is 5.52. The Labute approximate surface area is 131 Å². The predicted molar refractivity (Wildman–Crippen MR) is 84.4 cm³/mol. The number of benzene rings is 1. The number of sulfonamides is 1. The van der Waals surface area contributed by atoms with Gasteiger partial charge in [-0.05, 0) is 43.9 Å². The van der Waals surface area contributed by atoms with Gasteiger partial charge in [-0.15, -0.1) is 0 Å². The van der Waals surface area contributed by atoms with Crippen molar-refractivity contribution in [2.24, 2.45) is 5.92 Å². The number of rotatable bonds is 5.